The van der Waals surface area contributed by atoms with Crippen molar-refractivity contribution >= 4 is 39.2 Å². The summed E-state index contributed by atoms with van der Waals surface area (Å²) in [5.41, 5.74) is 6.44. The molecule has 36 heavy (non-hydrogen) atoms. The van der Waals surface area contributed by atoms with Gasteiger partial charge in [-0.05, 0) is 68.5 Å². The summed E-state index contributed by atoms with van der Waals surface area (Å²) in [6.07, 6.45) is 0.727. The summed E-state index contributed by atoms with van der Waals surface area (Å²) < 4.78 is 11.4. The molecule has 5 rings (SSSR count). The summed E-state index contributed by atoms with van der Waals surface area (Å²) in [5, 5.41) is 4.44. The number of esters is 1. The Hall–Kier alpha value is -3.42. The van der Waals surface area contributed by atoms with Gasteiger partial charge in [0.15, 0.2) is 5.76 Å². The van der Waals surface area contributed by atoms with E-state index < -0.39 is 5.97 Å². The third-order valence-electron chi connectivity index (χ3n) is 6.85. The fourth-order valence-corrected chi connectivity index (χ4v) is 6.07. The largest absolute Gasteiger partial charge is 0.462 e. The van der Waals surface area contributed by atoms with Gasteiger partial charge in [0, 0.05) is 35.5 Å². The van der Waals surface area contributed by atoms with Crippen molar-refractivity contribution < 1.29 is 18.7 Å². The van der Waals surface area contributed by atoms with Crippen molar-refractivity contribution in [3.05, 3.63) is 86.5 Å². The zero-order valence-electron chi connectivity index (χ0n) is 21.1. The molecule has 1 amide bonds. The van der Waals surface area contributed by atoms with E-state index in [1.807, 2.05) is 45.0 Å². The van der Waals surface area contributed by atoms with Gasteiger partial charge >= 0.3 is 5.97 Å². The van der Waals surface area contributed by atoms with Crippen LogP contribution in [0.4, 0.5) is 5.00 Å². The van der Waals surface area contributed by atoms with Gasteiger partial charge in [-0.2, -0.15) is 0 Å². The highest BCUT2D eigenvalue weighted by Gasteiger charge is 2.30. The van der Waals surface area contributed by atoms with Gasteiger partial charge in [-0.25, -0.2) is 4.79 Å². The van der Waals surface area contributed by atoms with Crippen molar-refractivity contribution in [1.82, 2.24) is 4.90 Å². The molecule has 7 heteroatoms. The molecule has 186 valence electrons. The fraction of sp³-hybridized carbons (Fsp3) is 0.310. The van der Waals surface area contributed by atoms with Gasteiger partial charge in [-0.1, -0.05) is 30.3 Å². The molecule has 0 saturated carbocycles. The van der Waals surface area contributed by atoms with Gasteiger partial charge in [0.2, 0.25) is 0 Å². The molecule has 1 aliphatic heterocycles. The van der Waals surface area contributed by atoms with Crippen LogP contribution in [0.15, 0.2) is 46.9 Å². The number of aryl methyl sites for hydroxylation is 3. The summed E-state index contributed by atoms with van der Waals surface area (Å²) in [7, 11) is 0. The molecule has 1 N–H and O–H groups in total. The number of carbonyl (C=O) groups is 2. The molecule has 0 atom stereocenters. The lowest BCUT2D eigenvalue weighted by atomic mass is 10.0. The van der Waals surface area contributed by atoms with Crippen LogP contribution < -0.4 is 5.32 Å². The molecule has 0 aliphatic carbocycles. The zero-order valence-corrected chi connectivity index (χ0v) is 21.9. The van der Waals surface area contributed by atoms with Crippen molar-refractivity contribution in [3.8, 4) is 0 Å². The summed E-state index contributed by atoms with van der Waals surface area (Å²) in [6.45, 7) is 10.4. The number of benzene rings is 2. The van der Waals surface area contributed by atoms with Crippen molar-refractivity contribution in [2.24, 2.45) is 0 Å². The molecule has 0 spiro atoms. The topological polar surface area (TPSA) is 71.8 Å². The fourth-order valence-electron chi connectivity index (χ4n) is 4.79. The van der Waals surface area contributed by atoms with Gasteiger partial charge in [-0.3, -0.25) is 9.69 Å². The second kappa shape index (κ2) is 9.91. The number of anilines is 1. The zero-order chi connectivity index (χ0) is 25.4. The van der Waals surface area contributed by atoms with E-state index in [-0.39, 0.29) is 18.3 Å². The van der Waals surface area contributed by atoms with Gasteiger partial charge < -0.3 is 14.5 Å². The Kier molecular flexibility index (Phi) is 6.69. The summed E-state index contributed by atoms with van der Waals surface area (Å²) in [5.74, 6) is -0.486. The smallest absolute Gasteiger partial charge is 0.341 e. The van der Waals surface area contributed by atoms with Crippen LogP contribution in [0.3, 0.4) is 0 Å². The minimum atomic E-state index is -0.394. The highest BCUT2D eigenvalue weighted by atomic mass is 32.1. The van der Waals surface area contributed by atoms with E-state index in [1.54, 1.807) is 6.92 Å². The lowest BCUT2D eigenvalue weighted by molar-refractivity contribution is 0.0526. The van der Waals surface area contributed by atoms with Crippen LogP contribution in [0.1, 0.15) is 60.5 Å². The molecule has 0 fully saturated rings. The maximum atomic E-state index is 13.4. The van der Waals surface area contributed by atoms with E-state index in [4.69, 9.17) is 9.15 Å². The van der Waals surface area contributed by atoms with E-state index in [1.165, 1.54) is 16.9 Å². The van der Waals surface area contributed by atoms with Crippen LogP contribution in [-0.4, -0.2) is 29.9 Å². The highest BCUT2D eigenvalue weighted by Crippen LogP contribution is 2.39. The first kappa shape index (κ1) is 24.3. The summed E-state index contributed by atoms with van der Waals surface area (Å²) in [4.78, 5) is 29.8. The SMILES string of the molecule is CCOC(=O)c1c(NC(=O)c2oc3cc(C)c(C)cc3c2C)sc2c1CCN(Cc1ccccc1)C2. The van der Waals surface area contributed by atoms with Crippen molar-refractivity contribution in [2.45, 2.75) is 47.2 Å². The summed E-state index contributed by atoms with van der Waals surface area (Å²) in [6, 6.07) is 14.4. The molecule has 4 aromatic rings. The molecule has 0 radical (unpaired) electrons. The van der Waals surface area contributed by atoms with E-state index in [0.717, 1.165) is 58.6 Å². The first-order valence-electron chi connectivity index (χ1n) is 12.2. The number of hydrogen-bond acceptors (Lipinski definition) is 6. The van der Waals surface area contributed by atoms with Crippen molar-refractivity contribution in [3.63, 3.8) is 0 Å². The third kappa shape index (κ3) is 4.56. The minimum Gasteiger partial charge on any atom is -0.462 e. The van der Waals surface area contributed by atoms with Crippen molar-refractivity contribution in [1.29, 1.82) is 0 Å². The molecular formula is C29H30N2O4S. The molecule has 0 saturated heterocycles. The van der Waals surface area contributed by atoms with Crippen LogP contribution in [0.5, 0.6) is 0 Å². The van der Waals surface area contributed by atoms with Gasteiger partial charge in [-0.15, -0.1) is 11.3 Å². The number of furan rings is 1. The number of rotatable bonds is 6. The maximum Gasteiger partial charge on any atom is 0.341 e. The second-order valence-corrected chi connectivity index (χ2v) is 10.4. The molecule has 2 aromatic heterocycles. The van der Waals surface area contributed by atoms with Gasteiger partial charge in [0.1, 0.15) is 10.6 Å². The Morgan fingerprint density at radius 1 is 1.11 bits per heavy atom. The van der Waals surface area contributed by atoms with Crippen LogP contribution in [-0.2, 0) is 24.2 Å². The van der Waals surface area contributed by atoms with Crippen LogP contribution in [0.2, 0.25) is 0 Å². The van der Waals surface area contributed by atoms with Gasteiger partial charge in [0.25, 0.3) is 5.91 Å². The Bertz CT molecular complexity index is 1450. The number of hydrogen-bond donors (Lipinski definition) is 1. The highest BCUT2D eigenvalue weighted by molar-refractivity contribution is 7.17. The number of ether oxygens (including phenoxy) is 1. The standard InChI is InChI=1S/C29H30N2O4S/c1-5-34-29(33)25-21-11-12-31(15-20-9-7-6-8-10-20)16-24(21)36-28(25)30-27(32)26-19(4)22-13-17(2)18(3)14-23(22)35-26/h6-10,13-14H,5,11-12,15-16H2,1-4H3,(H,30,32). The van der Waals surface area contributed by atoms with Crippen LogP contribution in [0.25, 0.3) is 11.0 Å². The molecule has 0 bridgehead atoms. The maximum absolute atomic E-state index is 13.4. The molecular weight excluding hydrogens is 472 g/mol. The predicted molar refractivity (Wildman–Crippen MR) is 143 cm³/mol. The number of nitrogens with one attached hydrogen (secondary N) is 1. The number of nitrogens with zero attached hydrogens (tertiary/aromatic N) is 1. The van der Waals surface area contributed by atoms with E-state index in [2.05, 4.69) is 28.4 Å². The molecule has 1 aliphatic rings. The normalized spacial score (nSPS) is 13.6. The number of amides is 1. The van der Waals surface area contributed by atoms with E-state index in [0.29, 0.717) is 16.1 Å². The predicted octanol–water partition coefficient (Wildman–Crippen LogP) is 6.41. The molecule has 6 nitrogen and oxygen atoms in total. The average molecular weight is 503 g/mol. The lowest BCUT2D eigenvalue weighted by Gasteiger charge is -2.27. The summed E-state index contributed by atoms with van der Waals surface area (Å²) >= 11 is 1.45. The Balaban J connectivity index is 1.45. The number of carbonyl (C=O) groups excluding carboxylic acids is 2. The number of fused-ring (bicyclic) bond motifs is 2. The third-order valence-corrected chi connectivity index (χ3v) is 7.98. The number of thiophene rings is 1. The van der Waals surface area contributed by atoms with Crippen LogP contribution in [0, 0.1) is 20.8 Å². The lowest BCUT2D eigenvalue weighted by Crippen LogP contribution is -2.29. The van der Waals surface area contributed by atoms with Gasteiger partial charge in [0.05, 0.1) is 12.2 Å². The monoisotopic (exact) mass is 502 g/mol. The molecule has 3 heterocycles. The first-order chi connectivity index (χ1) is 17.4. The quantitative estimate of drug-likeness (QED) is 0.309. The molecule has 0 unspecified atom stereocenters. The molecule has 2 aromatic carbocycles. The first-order valence-corrected chi connectivity index (χ1v) is 13.1. The van der Waals surface area contributed by atoms with Crippen molar-refractivity contribution in [2.75, 3.05) is 18.5 Å². The average Bonchev–Trinajstić information content (AvgIpc) is 3.37. The Morgan fingerprint density at radius 3 is 2.61 bits per heavy atom. The second-order valence-electron chi connectivity index (χ2n) is 9.32. The Morgan fingerprint density at radius 2 is 1.86 bits per heavy atom. The minimum absolute atomic E-state index is 0.266. The van der Waals surface area contributed by atoms with Crippen LogP contribution >= 0.6 is 11.3 Å². The van der Waals surface area contributed by atoms with E-state index >= 15 is 0 Å². The van der Waals surface area contributed by atoms with E-state index in [9.17, 15) is 9.59 Å². The Labute approximate surface area is 214 Å².